The molecule has 1 aromatic carbocycles. The van der Waals surface area contributed by atoms with Crippen molar-refractivity contribution in [3.05, 3.63) is 29.8 Å². The molecule has 7 heteroatoms. The van der Waals surface area contributed by atoms with Crippen molar-refractivity contribution in [2.45, 2.75) is 90.4 Å². The molecular formula is C23H34O7. The molecule has 168 valence electrons. The third-order valence-electron chi connectivity index (χ3n) is 5.37. The van der Waals surface area contributed by atoms with Gasteiger partial charge in [-0.25, -0.2) is 0 Å². The summed E-state index contributed by atoms with van der Waals surface area (Å²) >= 11 is 0. The van der Waals surface area contributed by atoms with Crippen LogP contribution in [0.4, 0.5) is 0 Å². The van der Waals surface area contributed by atoms with E-state index in [1.807, 2.05) is 52.0 Å². The molecule has 0 saturated carbocycles. The fourth-order valence-corrected chi connectivity index (χ4v) is 4.01. The van der Waals surface area contributed by atoms with Crippen molar-refractivity contribution in [2.75, 3.05) is 13.2 Å². The predicted octanol–water partition coefficient (Wildman–Crippen LogP) is 3.63. The van der Waals surface area contributed by atoms with Crippen LogP contribution in [-0.2, 0) is 35.0 Å². The largest absolute Gasteiger partial charge is 0.493 e. The van der Waals surface area contributed by atoms with Gasteiger partial charge in [0.25, 0.3) is 0 Å². The van der Waals surface area contributed by atoms with Crippen molar-refractivity contribution >= 4 is 0 Å². The molecule has 3 heterocycles. The first-order valence-electron chi connectivity index (χ1n) is 10.8. The molecule has 5 atom stereocenters. The number of hydrogen-bond acceptors (Lipinski definition) is 7. The summed E-state index contributed by atoms with van der Waals surface area (Å²) in [5.74, 6) is 0.0136. The van der Waals surface area contributed by atoms with E-state index in [2.05, 4.69) is 13.8 Å². The van der Waals surface area contributed by atoms with Gasteiger partial charge < -0.3 is 33.2 Å². The van der Waals surface area contributed by atoms with Gasteiger partial charge in [0.05, 0.1) is 19.8 Å². The summed E-state index contributed by atoms with van der Waals surface area (Å²) in [6, 6.07) is 7.99. The van der Waals surface area contributed by atoms with E-state index in [1.165, 1.54) is 0 Å². The van der Waals surface area contributed by atoms with Crippen LogP contribution in [0, 0.1) is 5.92 Å². The molecule has 4 rings (SSSR count). The van der Waals surface area contributed by atoms with Crippen LogP contribution in [0.2, 0.25) is 0 Å². The van der Waals surface area contributed by atoms with Crippen LogP contribution in [0.1, 0.15) is 47.1 Å². The van der Waals surface area contributed by atoms with Crippen molar-refractivity contribution in [1.29, 1.82) is 0 Å². The molecule has 0 amide bonds. The van der Waals surface area contributed by atoms with E-state index >= 15 is 0 Å². The molecule has 0 spiro atoms. The first-order valence-corrected chi connectivity index (χ1v) is 10.8. The van der Waals surface area contributed by atoms with Crippen molar-refractivity contribution in [2.24, 2.45) is 5.92 Å². The summed E-state index contributed by atoms with van der Waals surface area (Å²) in [6.45, 7) is 13.4. The molecule has 0 aliphatic carbocycles. The maximum absolute atomic E-state index is 6.32. The lowest BCUT2D eigenvalue weighted by Crippen LogP contribution is -2.44. The Bertz CT molecular complexity index is 715. The second kappa shape index (κ2) is 8.37. The Hall–Kier alpha value is -1.22. The zero-order chi connectivity index (χ0) is 21.5. The fraction of sp³-hybridized carbons (Fsp3) is 0.739. The Labute approximate surface area is 178 Å². The predicted molar refractivity (Wildman–Crippen MR) is 109 cm³/mol. The maximum atomic E-state index is 6.32. The molecule has 3 aliphatic rings. The maximum Gasteiger partial charge on any atom is 0.190 e. The molecule has 0 unspecified atom stereocenters. The Balaban J connectivity index is 1.41. The zero-order valence-electron chi connectivity index (χ0n) is 18.8. The number of benzene rings is 1. The van der Waals surface area contributed by atoms with Gasteiger partial charge in [-0.2, -0.15) is 0 Å². The van der Waals surface area contributed by atoms with E-state index in [9.17, 15) is 0 Å². The van der Waals surface area contributed by atoms with Crippen LogP contribution in [0.25, 0.3) is 0 Å². The first-order chi connectivity index (χ1) is 14.1. The summed E-state index contributed by atoms with van der Waals surface area (Å²) in [5.41, 5.74) is 1.05. The highest BCUT2D eigenvalue weighted by Crippen LogP contribution is 2.42. The molecule has 0 N–H and O–H groups in total. The third kappa shape index (κ3) is 4.98. The normalized spacial score (nSPS) is 34.4. The molecule has 0 aromatic heterocycles. The topological polar surface area (TPSA) is 64.6 Å². The molecule has 3 saturated heterocycles. The molecular weight excluding hydrogens is 388 g/mol. The molecule has 3 fully saturated rings. The van der Waals surface area contributed by atoms with Gasteiger partial charge in [0, 0.05) is 0 Å². The fourth-order valence-electron chi connectivity index (χ4n) is 4.01. The van der Waals surface area contributed by atoms with Gasteiger partial charge in [0.1, 0.15) is 30.2 Å². The van der Waals surface area contributed by atoms with E-state index in [0.29, 0.717) is 25.7 Å². The van der Waals surface area contributed by atoms with Gasteiger partial charge in [-0.1, -0.05) is 26.0 Å². The molecule has 1 aromatic rings. The minimum atomic E-state index is -0.705. The second-order valence-electron chi connectivity index (χ2n) is 9.56. The summed E-state index contributed by atoms with van der Waals surface area (Å²) in [6.07, 6.45) is -1.68. The van der Waals surface area contributed by atoms with Gasteiger partial charge >= 0.3 is 0 Å². The zero-order valence-corrected chi connectivity index (χ0v) is 18.8. The molecule has 0 bridgehead atoms. The van der Waals surface area contributed by atoms with Gasteiger partial charge in [0.15, 0.2) is 17.9 Å². The third-order valence-corrected chi connectivity index (χ3v) is 5.37. The van der Waals surface area contributed by atoms with Crippen LogP contribution in [0.15, 0.2) is 24.3 Å². The summed E-state index contributed by atoms with van der Waals surface area (Å²) in [7, 11) is 0. The van der Waals surface area contributed by atoms with Crippen LogP contribution in [0.3, 0.4) is 0 Å². The number of ether oxygens (including phenoxy) is 7. The second-order valence-corrected chi connectivity index (χ2v) is 9.56. The van der Waals surface area contributed by atoms with Gasteiger partial charge in [0.2, 0.25) is 0 Å². The molecule has 3 aliphatic heterocycles. The molecule has 7 nitrogen and oxygen atoms in total. The van der Waals surface area contributed by atoms with E-state index < -0.39 is 17.9 Å². The summed E-state index contributed by atoms with van der Waals surface area (Å²) in [4.78, 5) is 0. The van der Waals surface area contributed by atoms with E-state index in [-0.39, 0.29) is 24.4 Å². The van der Waals surface area contributed by atoms with E-state index in [4.69, 9.17) is 33.2 Å². The lowest BCUT2D eigenvalue weighted by molar-refractivity contribution is -0.236. The standard InChI is InChI=1S/C23H34O7/c1-14(2)11-24-16-9-7-15(8-10-16)12-25-19-18(17-13-26-22(3,4)28-17)27-21-20(19)29-23(5,6)30-21/h7-10,14,17-21H,11-13H2,1-6H3/t17-,18-,19-,20-,21+/m1/s1. The van der Waals surface area contributed by atoms with Gasteiger partial charge in [-0.3, -0.25) is 0 Å². The van der Waals surface area contributed by atoms with Gasteiger partial charge in [-0.05, 0) is 51.3 Å². The highest BCUT2D eigenvalue weighted by atomic mass is 16.8. The Kier molecular flexibility index (Phi) is 6.14. The summed E-state index contributed by atoms with van der Waals surface area (Å²) < 4.78 is 42.1. The van der Waals surface area contributed by atoms with Crippen molar-refractivity contribution in [3.63, 3.8) is 0 Å². The number of hydrogen-bond donors (Lipinski definition) is 0. The SMILES string of the molecule is CC(C)COc1ccc(CO[C@H]2[C@H]3OC(C)(C)O[C@@H]3O[C@@H]2[C@H]2COC(C)(C)O2)cc1. The quantitative estimate of drug-likeness (QED) is 0.665. The highest BCUT2D eigenvalue weighted by Gasteiger charge is 2.58. The van der Waals surface area contributed by atoms with E-state index in [0.717, 1.165) is 11.3 Å². The average molecular weight is 423 g/mol. The minimum absolute atomic E-state index is 0.238. The number of rotatable bonds is 7. The van der Waals surface area contributed by atoms with Crippen LogP contribution in [0.5, 0.6) is 5.75 Å². The summed E-state index contributed by atoms with van der Waals surface area (Å²) in [5, 5.41) is 0. The Morgan fingerprint density at radius 1 is 0.967 bits per heavy atom. The lowest BCUT2D eigenvalue weighted by atomic mass is 10.1. The minimum Gasteiger partial charge on any atom is -0.493 e. The van der Waals surface area contributed by atoms with E-state index in [1.54, 1.807) is 0 Å². The van der Waals surface area contributed by atoms with Crippen molar-refractivity contribution < 1.29 is 33.2 Å². The smallest absolute Gasteiger partial charge is 0.190 e. The highest BCUT2D eigenvalue weighted by molar-refractivity contribution is 5.27. The average Bonchev–Trinajstić information content (AvgIpc) is 3.28. The Morgan fingerprint density at radius 3 is 2.33 bits per heavy atom. The molecule has 0 radical (unpaired) electrons. The van der Waals surface area contributed by atoms with Crippen molar-refractivity contribution in [1.82, 2.24) is 0 Å². The van der Waals surface area contributed by atoms with Gasteiger partial charge in [-0.15, -0.1) is 0 Å². The lowest BCUT2D eigenvalue weighted by Gasteiger charge is -2.29. The van der Waals surface area contributed by atoms with Crippen LogP contribution >= 0.6 is 0 Å². The van der Waals surface area contributed by atoms with Crippen LogP contribution in [-0.4, -0.2) is 55.5 Å². The number of fused-ring (bicyclic) bond motifs is 1. The Morgan fingerprint density at radius 2 is 1.70 bits per heavy atom. The first kappa shape index (κ1) is 22.0. The van der Waals surface area contributed by atoms with Crippen LogP contribution < -0.4 is 4.74 Å². The monoisotopic (exact) mass is 422 g/mol. The molecule has 30 heavy (non-hydrogen) atoms. The van der Waals surface area contributed by atoms with Crippen molar-refractivity contribution in [3.8, 4) is 5.75 Å².